The maximum Gasteiger partial charge on any atom is 0.0516 e. The molecule has 1 aromatic rings. The van der Waals surface area contributed by atoms with Crippen molar-refractivity contribution >= 4 is 35.3 Å². The van der Waals surface area contributed by atoms with E-state index in [0.717, 1.165) is 18.1 Å². The van der Waals surface area contributed by atoms with E-state index < -0.39 is 0 Å². The lowest BCUT2D eigenvalue weighted by Crippen LogP contribution is -2.41. The van der Waals surface area contributed by atoms with E-state index in [4.69, 9.17) is 17.3 Å². The molecular weight excluding hydrogens is 275 g/mol. The summed E-state index contributed by atoms with van der Waals surface area (Å²) in [6.07, 6.45) is 2.55. The number of hydrogen-bond acceptors (Lipinski definition) is 3. The fourth-order valence-electron chi connectivity index (χ4n) is 2.32. The van der Waals surface area contributed by atoms with Crippen LogP contribution in [0.3, 0.4) is 0 Å². The van der Waals surface area contributed by atoms with Gasteiger partial charge in [0.1, 0.15) is 0 Å². The normalized spacial score (nSPS) is 23.1. The van der Waals surface area contributed by atoms with Gasteiger partial charge in [0.25, 0.3) is 0 Å². The lowest BCUT2D eigenvalue weighted by molar-refractivity contribution is 0.155. The van der Waals surface area contributed by atoms with Gasteiger partial charge in [0, 0.05) is 29.4 Å². The van der Waals surface area contributed by atoms with Gasteiger partial charge in [-0.05, 0) is 38.3 Å². The summed E-state index contributed by atoms with van der Waals surface area (Å²) in [4.78, 5) is 3.86. The molecule has 0 spiro atoms. The van der Waals surface area contributed by atoms with Crippen LogP contribution in [0.15, 0.2) is 11.4 Å². The molecule has 0 aliphatic carbocycles. The third-order valence-electron chi connectivity index (χ3n) is 3.29. The molecule has 1 fully saturated rings. The first kappa shape index (κ1) is 15.3. The first-order valence-electron chi connectivity index (χ1n) is 5.86. The minimum absolute atomic E-state index is 0. The number of piperidine rings is 1. The highest BCUT2D eigenvalue weighted by molar-refractivity contribution is 7.10. The molecule has 0 radical (unpaired) electrons. The van der Waals surface area contributed by atoms with E-state index in [0.29, 0.717) is 12.0 Å². The van der Waals surface area contributed by atoms with Gasteiger partial charge in [-0.1, -0.05) is 11.6 Å². The molecule has 2 nitrogen and oxygen atoms in total. The van der Waals surface area contributed by atoms with Gasteiger partial charge in [-0.2, -0.15) is 0 Å². The van der Waals surface area contributed by atoms with Gasteiger partial charge in [-0.3, -0.25) is 4.90 Å². The molecule has 1 aliphatic rings. The van der Waals surface area contributed by atoms with E-state index in [2.05, 4.69) is 17.9 Å². The van der Waals surface area contributed by atoms with Crippen LogP contribution in [-0.2, 0) is 6.54 Å². The molecule has 1 aliphatic heterocycles. The lowest BCUT2D eigenvalue weighted by Gasteiger charge is -2.34. The van der Waals surface area contributed by atoms with Crippen LogP contribution in [0.1, 0.15) is 24.6 Å². The minimum Gasteiger partial charge on any atom is -0.328 e. The number of halogens is 2. The number of likely N-dealkylation sites (tertiary alicyclic amines) is 1. The summed E-state index contributed by atoms with van der Waals surface area (Å²) in [6.45, 7) is 5.47. The van der Waals surface area contributed by atoms with E-state index in [1.807, 2.05) is 5.38 Å². The van der Waals surface area contributed by atoms with Crippen molar-refractivity contribution in [3.05, 3.63) is 21.3 Å². The number of thiophene rings is 1. The van der Waals surface area contributed by atoms with Crippen molar-refractivity contribution in [2.24, 2.45) is 11.7 Å². The second-order valence-electron chi connectivity index (χ2n) is 4.73. The molecule has 98 valence electrons. The zero-order valence-electron chi connectivity index (χ0n) is 10.1. The second kappa shape index (κ2) is 6.95. The van der Waals surface area contributed by atoms with E-state index in [9.17, 15) is 0 Å². The lowest BCUT2D eigenvalue weighted by atomic mass is 9.92. The molecule has 0 bridgehead atoms. The third kappa shape index (κ3) is 4.42. The molecule has 5 heteroatoms. The summed E-state index contributed by atoms with van der Waals surface area (Å²) in [6, 6.07) is 2.39. The monoisotopic (exact) mass is 294 g/mol. The van der Waals surface area contributed by atoms with Gasteiger partial charge in [0.15, 0.2) is 0 Å². The zero-order chi connectivity index (χ0) is 11.5. The predicted molar refractivity (Wildman–Crippen MR) is 78.2 cm³/mol. The Hall–Kier alpha value is 0.200. The Labute approximate surface area is 119 Å². The molecule has 1 aromatic heterocycles. The van der Waals surface area contributed by atoms with Crippen LogP contribution >= 0.6 is 35.3 Å². The summed E-state index contributed by atoms with van der Waals surface area (Å²) >= 11 is 7.68. The van der Waals surface area contributed by atoms with Crippen LogP contribution < -0.4 is 5.73 Å². The molecule has 2 N–H and O–H groups in total. The standard InChI is InChI=1S/C12H19ClN2S.ClH/c1-9(14)10-3-2-4-15(6-10)7-12-5-11(13)8-16-12;/h5,8-10H,2-4,6-7,14H2,1H3;1H. The molecule has 0 amide bonds. The molecule has 17 heavy (non-hydrogen) atoms. The summed E-state index contributed by atoms with van der Waals surface area (Å²) in [5.74, 6) is 0.657. The molecule has 0 saturated carbocycles. The van der Waals surface area contributed by atoms with Crippen LogP contribution in [0.2, 0.25) is 5.02 Å². The molecular formula is C12H20Cl2N2S. The highest BCUT2D eigenvalue weighted by atomic mass is 35.5. The number of hydrogen-bond donors (Lipinski definition) is 1. The molecule has 2 heterocycles. The van der Waals surface area contributed by atoms with E-state index in [1.165, 1.54) is 24.3 Å². The maximum atomic E-state index is 5.98. The van der Waals surface area contributed by atoms with Crippen LogP contribution in [0, 0.1) is 5.92 Å². The molecule has 1 saturated heterocycles. The van der Waals surface area contributed by atoms with Crippen molar-refractivity contribution in [2.75, 3.05) is 13.1 Å². The zero-order valence-corrected chi connectivity index (χ0v) is 12.5. The second-order valence-corrected chi connectivity index (χ2v) is 6.16. The van der Waals surface area contributed by atoms with Crippen molar-refractivity contribution in [3.8, 4) is 0 Å². The van der Waals surface area contributed by atoms with Crippen molar-refractivity contribution in [1.82, 2.24) is 4.90 Å². The minimum atomic E-state index is 0. The van der Waals surface area contributed by atoms with E-state index in [1.54, 1.807) is 11.3 Å². The van der Waals surface area contributed by atoms with Crippen molar-refractivity contribution in [3.63, 3.8) is 0 Å². The van der Waals surface area contributed by atoms with Gasteiger partial charge in [0.05, 0.1) is 5.02 Å². The van der Waals surface area contributed by atoms with Crippen LogP contribution in [0.4, 0.5) is 0 Å². The van der Waals surface area contributed by atoms with Crippen molar-refractivity contribution < 1.29 is 0 Å². The summed E-state index contributed by atoms with van der Waals surface area (Å²) in [5.41, 5.74) is 5.98. The van der Waals surface area contributed by atoms with Gasteiger partial charge in [-0.15, -0.1) is 23.7 Å². The molecule has 2 unspecified atom stereocenters. The number of nitrogens with zero attached hydrogens (tertiary/aromatic N) is 1. The molecule has 2 rings (SSSR count). The Balaban J connectivity index is 0.00000144. The summed E-state index contributed by atoms with van der Waals surface area (Å²) in [7, 11) is 0. The first-order chi connectivity index (χ1) is 7.65. The van der Waals surface area contributed by atoms with Crippen LogP contribution in [-0.4, -0.2) is 24.0 Å². The average molecular weight is 295 g/mol. The third-order valence-corrected chi connectivity index (χ3v) is 4.56. The topological polar surface area (TPSA) is 29.3 Å². The van der Waals surface area contributed by atoms with E-state index in [-0.39, 0.29) is 12.4 Å². The highest BCUT2D eigenvalue weighted by Crippen LogP contribution is 2.24. The van der Waals surface area contributed by atoms with Crippen molar-refractivity contribution in [1.29, 1.82) is 0 Å². The summed E-state index contributed by atoms with van der Waals surface area (Å²) < 4.78 is 0. The quantitative estimate of drug-likeness (QED) is 0.926. The fraction of sp³-hybridized carbons (Fsp3) is 0.667. The van der Waals surface area contributed by atoms with Gasteiger partial charge in [-0.25, -0.2) is 0 Å². The fourth-order valence-corrected chi connectivity index (χ4v) is 3.44. The Kier molecular flexibility index (Phi) is 6.24. The smallest absolute Gasteiger partial charge is 0.0516 e. The van der Waals surface area contributed by atoms with Crippen LogP contribution in [0.25, 0.3) is 0 Å². The first-order valence-corrected chi connectivity index (χ1v) is 7.12. The van der Waals surface area contributed by atoms with Gasteiger partial charge < -0.3 is 5.73 Å². The maximum absolute atomic E-state index is 5.98. The number of rotatable bonds is 3. The largest absolute Gasteiger partial charge is 0.328 e. The Morgan fingerprint density at radius 3 is 3.00 bits per heavy atom. The Morgan fingerprint density at radius 1 is 1.65 bits per heavy atom. The summed E-state index contributed by atoms with van der Waals surface area (Å²) in [5, 5.41) is 2.87. The number of nitrogens with two attached hydrogens (primary N) is 1. The Morgan fingerprint density at radius 2 is 2.41 bits per heavy atom. The Bertz CT molecular complexity index is 341. The average Bonchev–Trinajstić information content (AvgIpc) is 2.64. The molecule has 2 atom stereocenters. The van der Waals surface area contributed by atoms with Gasteiger partial charge in [0.2, 0.25) is 0 Å². The van der Waals surface area contributed by atoms with Crippen LogP contribution in [0.5, 0.6) is 0 Å². The molecule has 0 aromatic carbocycles. The SMILES string of the molecule is CC(N)C1CCCN(Cc2cc(Cl)cs2)C1.Cl. The van der Waals surface area contributed by atoms with E-state index >= 15 is 0 Å². The predicted octanol–water partition coefficient (Wildman–Crippen LogP) is 3.38. The van der Waals surface area contributed by atoms with Gasteiger partial charge >= 0.3 is 0 Å². The van der Waals surface area contributed by atoms with Crippen molar-refractivity contribution in [2.45, 2.75) is 32.4 Å². The highest BCUT2D eigenvalue weighted by Gasteiger charge is 2.22.